The predicted octanol–water partition coefficient (Wildman–Crippen LogP) is 3.60. The van der Waals surface area contributed by atoms with Crippen LogP contribution < -0.4 is 5.32 Å². The SMILES string of the molecule is CC(=O)Nc1ccc(CCC(=O)c2ccc(F)cc2)cc1. The Morgan fingerprint density at radius 2 is 1.62 bits per heavy atom. The fraction of sp³-hybridized carbons (Fsp3) is 0.176. The van der Waals surface area contributed by atoms with Crippen molar-refractivity contribution >= 4 is 17.4 Å². The molecule has 0 unspecified atom stereocenters. The summed E-state index contributed by atoms with van der Waals surface area (Å²) < 4.78 is 12.8. The minimum absolute atomic E-state index is 0.0130. The van der Waals surface area contributed by atoms with Gasteiger partial charge in [-0.1, -0.05) is 12.1 Å². The van der Waals surface area contributed by atoms with Crippen LogP contribution in [-0.4, -0.2) is 11.7 Å². The van der Waals surface area contributed by atoms with Crippen LogP contribution >= 0.6 is 0 Å². The van der Waals surface area contributed by atoms with Gasteiger partial charge in [-0.15, -0.1) is 0 Å². The molecule has 0 bridgehead atoms. The number of carbonyl (C=O) groups is 2. The molecule has 1 amide bonds. The molecule has 0 aliphatic heterocycles. The summed E-state index contributed by atoms with van der Waals surface area (Å²) in [6.45, 7) is 1.45. The highest BCUT2D eigenvalue weighted by Crippen LogP contribution is 2.13. The third-order valence-corrected chi connectivity index (χ3v) is 3.08. The standard InChI is InChI=1S/C17H16FNO2/c1-12(20)19-16-9-2-13(3-10-16)4-11-17(21)14-5-7-15(18)8-6-14/h2-3,5-10H,4,11H2,1H3,(H,19,20). The zero-order valence-electron chi connectivity index (χ0n) is 11.7. The first-order valence-electron chi connectivity index (χ1n) is 6.70. The number of ketones is 1. The topological polar surface area (TPSA) is 46.2 Å². The summed E-state index contributed by atoms with van der Waals surface area (Å²) in [5.74, 6) is -0.477. The molecular formula is C17H16FNO2. The second-order valence-electron chi connectivity index (χ2n) is 4.81. The van der Waals surface area contributed by atoms with Gasteiger partial charge in [-0.25, -0.2) is 4.39 Å². The fourth-order valence-electron chi connectivity index (χ4n) is 2.00. The molecule has 0 aliphatic rings. The average molecular weight is 285 g/mol. The Bertz CT molecular complexity index is 633. The highest BCUT2D eigenvalue weighted by Gasteiger charge is 2.06. The third-order valence-electron chi connectivity index (χ3n) is 3.08. The van der Waals surface area contributed by atoms with Crippen LogP contribution in [0.4, 0.5) is 10.1 Å². The number of rotatable bonds is 5. The molecule has 0 aliphatic carbocycles. The molecule has 0 atom stereocenters. The summed E-state index contributed by atoms with van der Waals surface area (Å²) in [6, 6.07) is 12.9. The van der Waals surface area contributed by atoms with Gasteiger partial charge in [0.2, 0.25) is 5.91 Å². The van der Waals surface area contributed by atoms with Gasteiger partial charge in [0, 0.05) is 24.6 Å². The largest absolute Gasteiger partial charge is 0.326 e. The Labute approximate surface area is 122 Å². The van der Waals surface area contributed by atoms with Gasteiger partial charge in [0.25, 0.3) is 0 Å². The van der Waals surface area contributed by atoms with Crippen molar-refractivity contribution in [1.29, 1.82) is 0 Å². The van der Waals surface area contributed by atoms with Crippen LogP contribution in [0.25, 0.3) is 0 Å². The Kier molecular flexibility index (Phi) is 4.82. The minimum Gasteiger partial charge on any atom is -0.326 e. The van der Waals surface area contributed by atoms with E-state index in [1.165, 1.54) is 31.2 Å². The highest BCUT2D eigenvalue weighted by atomic mass is 19.1. The molecule has 2 aromatic carbocycles. The second-order valence-corrected chi connectivity index (χ2v) is 4.81. The smallest absolute Gasteiger partial charge is 0.221 e. The predicted molar refractivity (Wildman–Crippen MR) is 79.8 cm³/mol. The fourth-order valence-corrected chi connectivity index (χ4v) is 2.00. The molecule has 2 aromatic rings. The van der Waals surface area contributed by atoms with E-state index in [2.05, 4.69) is 5.32 Å². The molecule has 0 saturated heterocycles. The molecule has 0 aromatic heterocycles. The van der Waals surface area contributed by atoms with E-state index in [1.807, 2.05) is 12.1 Å². The van der Waals surface area contributed by atoms with Crippen molar-refractivity contribution in [3.8, 4) is 0 Å². The molecular weight excluding hydrogens is 269 g/mol. The lowest BCUT2D eigenvalue weighted by atomic mass is 10.0. The van der Waals surface area contributed by atoms with Crippen molar-refractivity contribution < 1.29 is 14.0 Å². The third kappa shape index (κ3) is 4.53. The zero-order chi connectivity index (χ0) is 15.2. The number of aryl methyl sites for hydroxylation is 1. The second kappa shape index (κ2) is 6.79. The molecule has 3 nitrogen and oxygen atoms in total. The van der Waals surface area contributed by atoms with E-state index >= 15 is 0 Å². The maximum Gasteiger partial charge on any atom is 0.221 e. The number of amides is 1. The number of nitrogens with one attached hydrogen (secondary N) is 1. The van der Waals surface area contributed by atoms with E-state index in [1.54, 1.807) is 12.1 Å². The van der Waals surface area contributed by atoms with Crippen LogP contribution in [0.1, 0.15) is 29.3 Å². The first-order valence-corrected chi connectivity index (χ1v) is 6.70. The number of hydrogen-bond acceptors (Lipinski definition) is 2. The molecule has 0 heterocycles. The van der Waals surface area contributed by atoms with E-state index in [9.17, 15) is 14.0 Å². The summed E-state index contributed by atoms with van der Waals surface area (Å²) in [5, 5.41) is 2.69. The lowest BCUT2D eigenvalue weighted by Crippen LogP contribution is -2.05. The van der Waals surface area contributed by atoms with Gasteiger partial charge in [-0.3, -0.25) is 9.59 Å². The summed E-state index contributed by atoms with van der Waals surface area (Å²) in [7, 11) is 0. The van der Waals surface area contributed by atoms with Gasteiger partial charge >= 0.3 is 0 Å². The highest BCUT2D eigenvalue weighted by molar-refractivity contribution is 5.96. The van der Waals surface area contributed by atoms with Gasteiger partial charge in [0.15, 0.2) is 5.78 Å². The Balaban J connectivity index is 1.92. The van der Waals surface area contributed by atoms with E-state index in [4.69, 9.17) is 0 Å². The number of carbonyl (C=O) groups excluding carboxylic acids is 2. The Morgan fingerprint density at radius 1 is 1.00 bits per heavy atom. The van der Waals surface area contributed by atoms with Crippen LogP contribution in [0.15, 0.2) is 48.5 Å². The molecule has 0 spiro atoms. The summed E-state index contributed by atoms with van der Waals surface area (Å²) in [6.07, 6.45) is 0.974. The van der Waals surface area contributed by atoms with Crippen molar-refractivity contribution in [2.45, 2.75) is 19.8 Å². The lowest BCUT2D eigenvalue weighted by Gasteiger charge is -2.05. The van der Waals surface area contributed by atoms with Crippen LogP contribution in [-0.2, 0) is 11.2 Å². The van der Waals surface area contributed by atoms with Crippen LogP contribution in [0, 0.1) is 5.82 Å². The molecule has 0 saturated carbocycles. The first-order chi connectivity index (χ1) is 10.0. The lowest BCUT2D eigenvalue weighted by molar-refractivity contribution is -0.114. The van der Waals surface area contributed by atoms with E-state index < -0.39 is 0 Å². The molecule has 0 fully saturated rings. The van der Waals surface area contributed by atoms with E-state index in [0.29, 0.717) is 18.4 Å². The number of hydrogen-bond donors (Lipinski definition) is 1. The summed E-state index contributed by atoms with van der Waals surface area (Å²) in [5.41, 5.74) is 2.27. The van der Waals surface area contributed by atoms with E-state index in [0.717, 1.165) is 11.3 Å². The quantitative estimate of drug-likeness (QED) is 0.853. The number of anilines is 1. The van der Waals surface area contributed by atoms with E-state index in [-0.39, 0.29) is 17.5 Å². The van der Waals surface area contributed by atoms with Gasteiger partial charge in [0.1, 0.15) is 5.82 Å². The summed E-state index contributed by atoms with van der Waals surface area (Å²) >= 11 is 0. The maximum atomic E-state index is 12.8. The molecule has 0 radical (unpaired) electrons. The molecule has 1 N–H and O–H groups in total. The number of Topliss-reactive ketones (excluding diaryl/α,β-unsaturated/α-hetero) is 1. The van der Waals surface area contributed by atoms with Crippen LogP contribution in [0.2, 0.25) is 0 Å². The number of halogens is 1. The van der Waals surface area contributed by atoms with Crippen molar-refractivity contribution in [3.63, 3.8) is 0 Å². The normalized spacial score (nSPS) is 10.2. The molecule has 2 rings (SSSR count). The maximum absolute atomic E-state index is 12.8. The van der Waals surface area contributed by atoms with Crippen LogP contribution in [0.5, 0.6) is 0 Å². The average Bonchev–Trinajstić information content (AvgIpc) is 2.46. The van der Waals surface area contributed by atoms with Crippen molar-refractivity contribution in [2.24, 2.45) is 0 Å². The van der Waals surface area contributed by atoms with Crippen molar-refractivity contribution in [1.82, 2.24) is 0 Å². The number of benzene rings is 2. The van der Waals surface area contributed by atoms with Crippen molar-refractivity contribution in [3.05, 3.63) is 65.5 Å². The minimum atomic E-state index is -0.347. The van der Waals surface area contributed by atoms with Gasteiger partial charge in [-0.2, -0.15) is 0 Å². The van der Waals surface area contributed by atoms with Gasteiger partial charge < -0.3 is 5.32 Å². The molecule has 21 heavy (non-hydrogen) atoms. The monoisotopic (exact) mass is 285 g/mol. The van der Waals surface area contributed by atoms with Crippen LogP contribution in [0.3, 0.4) is 0 Å². The zero-order valence-corrected chi connectivity index (χ0v) is 11.7. The summed E-state index contributed by atoms with van der Waals surface area (Å²) in [4.78, 5) is 22.9. The Hall–Kier alpha value is -2.49. The van der Waals surface area contributed by atoms with Gasteiger partial charge in [-0.05, 0) is 48.4 Å². The van der Waals surface area contributed by atoms with Gasteiger partial charge in [0.05, 0.1) is 0 Å². The molecule has 108 valence electrons. The molecule has 4 heteroatoms. The Morgan fingerprint density at radius 3 is 2.19 bits per heavy atom. The van der Waals surface area contributed by atoms with Crippen molar-refractivity contribution in [2.75, 3.05) is 5.32 Å². The first kappa shape index (κ1) is 14.9.